The topological polar surface area (TPSA) is 64.1 Å². The van der Waals surface area contributed by atoms with Crippen LogP contribution in [0.5, 0.6) is 0 Å². The Bertz CT molecular complexity index is 436. The van der Waals surface area contributed by atoms with Crippen molar-refractivity contribution in [1.82, 2.24) is 9.78 Å². The molecule has 0 saturated heterocycles. The van der Waals surface area contributed by atoms with Gasteiger partial charge in [-0.3, -0.25) is 4.68 Å². The number of fused-ring (bicyclic) bond motifs is 1. The van der Waals surface area contributed by atoms with Crippen molar-refractivity contribution in [2.75, 3.05) is 6.61 Å². The normalized spacial score (nSPS) is 11.0. The second-order valence-electron chi connectivity index (χ2n) is 3.19. The Balaban J connectivity index is 2.48. The largest absolute Gasteiger partial charge is 0.394 e. The highest BCUT2D eigenvalue weighted by Crippen LogP contribution is 2.15. The molecule has 0 spiro atoms. The van der Waals surface area contributed by atoms with Gasteiger partial charge in [0.15, 0.2) is 0 Å². The van der Waals surface area contributed by atoms with Crippen molar-refractivity contribution in [1.29, 1.82) is 0 Å². The number of nitrogens with zero attached hydrogens (tertiary/aromatic N) is 2. The molecule has 2 aromatic rings. The molecule has 14 heavy (non-hydrogen) atoms. The van der Waals surface area contributed by atoms with E-state index in [1.54, 1.807) is 10.9 Å². The highest BCUT2D eigenvalue weighted by atomic mass is 16.3. The van der Waals surface area contributed by atoms with Gasteiger partial charge in [-0.1, -0.05) is 6.07 Å². The van der Waals surface area contributed by atoms with Gasteiger partial charge in [0.2, 0.25) is 0 Å². The van der Waals surface area contributed by atoms with E-state index in [4.69, 9.17) is 10.8 Å². The molecule has 0 bridgehead atoms. The van der Waals surface area contributed by atoms with Gasteiger partial charge in [-0.15, -0.1) is 0 Å². The zero-order valence-corrected chi connectivity index (χ0v) is 7.85. The van der Waals surface area contributed by atoms with Gasteiger partial charge in [-0.25, -0.2) is 0 Å². The third-order valence-electron chi connectivity index (χ3n) is 2.25. The average Bonchev–Trinajstić information content (AvgIpc) is 2.61. The van der Waals surface area contributed by atoms with Crippen LogP contribution in [0.3, 0.4) is 0 Å². The fourth-order valence-corrected chi connectivity index (χ4v) is 1.54. The molecule has 0 radical (unpaired) electrons. The molecule has 1 aromatic carbocycles. The van der Waals surface area contributed by atoms with Gasteiger partial charge in [0.25, 0.3) is 0 Å². The first kappa shape index (κ1) is 9.18. The molecular formula is C10H13N3O. The van der Waals surface area contributed by atoms with Gasteiger partial charge < -0.3 is 10.8 Å². The first-order chi connectivity index (χ1) is 6.85. The summed E-state index contributed by atoms with van der Waals surface area (Å²) in [7, 11) is 0. The molecule has 1 heterocycles. The summed E-state index contributed by atoms with van der Waals surface area (Å²) in [5.41, 5.74) is 7.68. The number of benzene rings is 1. The number of hydrogen-bond donors (Lipinski definition) is 2. The Morgan fingerprint density at radius 2 is 2.29 bits per heavy atom. The van der Waals surface area contributed by atoms with E-state index < -0.39 is 0 Å². The standard InChI is InChI=1S/C10H13N3O/c11-6-8-1-2-10-9(5-8)7-12-13(10)3-4-14/h1-2,5,7,14H,3-4,6,11H2. The van der Waals surface area contributed by atoms with Gasteiger partial charge in [0.05, 0.1) is 24.9 Å². The Hall–Kier alpha value is -1.39. The molecule has 0 aliphatic rings. The average molecular weight is 191 g/mol. The van der Waals surface area contributed by atoms with E-state index in [0.29, 0.717) is 13.1 Å². The van der Waals surface area contributed by atoms with E-state index in [-0.39, 0.29) is 6.61 Å². The summed E-state index contributed by atoms with van der Waals surface area (Å²) in [5.74, 6) is 0. The van der Waals surface area contributed by atoms with Crippen molar-refractivity contribution in [2.45, 2.75) is 13.1 Å². The third kappa shape index (κ3) is 1.49. The molecular weight excluding hydrogens is 178 g/mol. The maximum absolute atomic E-state index is 8.82. The Labute approximate surface area is 81.9 Å². The van der Waals surface area contributed by atoms with Crippen LogP contribution < -0.4 is 5.73 Å². The number of aromatic nitrogens is 2. The molecule has 74 valence electrons. The zero-order chi connectivity index (χ0) is 9.97. The van der Waals surface area contributed by atoms with E-state index in [2.05, 4.69) is 5.10 Å². The molecule has 0 aliphatic carbocycles. The lowest BCUT2D eigenvalue weighted by Gasteiger charge is -2.01. The predicted molar refractivity (Wildman–Crippen MR) is 54.7 cm³/mol. The maximum Gasteiger partial charge on any atom is 0.0683 e. The second kappa shape index (κ2) is 3.77. The van der Waals surface area contributed by atoms with E-state index in [9.17, 15) is 0 Å². The number of hydrogen-bond acceptors (Lipinski definition) is 3. The minimum absolute atomic E-state index is 0.107. The Morgan fingerprint density at radius 1 is 1.43 bits per heavy atom. The smallest absolute Gasteiger partial charge is 0.0683 e. The molecule has 4 heteroatoms. The molecule has 0 aliphatic heterocycles. The van der Waals surface area contributed by atoms with E-state index in [0.717, 1.165) is 16.5 Å². The fourth-order valence-electron chi connectivity index (χ4n) is 1.54. The summed E-state index contributed by atoms with van der Waals surface area (Å²) in [6, 6.07) is 5.99. The molecule has 0 amide bonds. The molecule has 0 unspecified atom stereocenters. The van der Waals surface area contributed by atoms with Crippen LogP contribution in [-0.4, -0.2) is 21.5 Å². The first-order valence-electron chi connectivity index (χ1n) is 4.60. The monoisotopic (exact) mass is 191 g/mol. The van der Waals surface area contributed by atoms with Gasteiger partial charge in [-0.05, 0) is 17.7 Å². The van der Waals surface area contributed by atoms with Crippen molar-refractivity contribution < 1.29 is 5.11 Å². The van der Waals surface area contributed by atoms with Crippen LogP contribution >= 0.6 is 0 Å². The molecule has 0 atom stereocenters. The summed E-state index contributed by atoms with van der Waals surface area (Å²) in [6.45, 7) is 1.18. The number of rotatable bonds is 3. The second-order valence-corrected chi connectivity index (χ2v) is 3.19. The number of nitrogens with two attached hydrogens (primary N) is 1. The predicted octanol–water partition coefficient (Wildman–Crippen LogP) is 0.487. The van der Waals surface area contributed by atoms with E-state index >= 15 is 0 Å². The van der Waals surface area contributed by atoms with Gasteiger partial charge in [0, 0.05) is 11.9 Å². The van der Waals surface area contributed by atoms with Crippen LogP contribution in [-0.2, 0) is 13.1 Å². The SMILES string of the molecule is NCc1ccc2c(cnn2CCO)c1. The fraction of sp³-hybridized carbons (Fsp3) is 0.300. The van der Waals surface area contributed by atoms with Crippen molar-refractivity contribution in [3.8, 4) is 0 Å². The molecule has 2 rings (SSSR count). The number of aliphatic hydroxyl groups excluding tert-OH is 1. The van der Waals surface area contributed by atoms with Crippen molar-refractivity contribution >= 4 is 10.9 Å². The quantitative estimate of drug-likeness (QED) is 0.742. The zero-order valence-electron chi connectivity index (χ0n) is 7.85. The van der Waals surface area contributed by atoms with Crippen molar-refractivity contribution in [2.24, 2.45) is 5.73 Å². The van der Waals surface area contributed by atoms with Crippen molar-refractivity contribution in [3.63, 3.8) is 0 Å². The summed E-state index contributed by atoms with van der Waals surface area (Å²) >= 11 is 0. The van der Waals surface area contributed by atoms with Gasteiger partial charge in [-0.2, -0.15) is 5.10 Å². The summed E-state index contributed by atoms with van der Waals surface area (Å²) in [5, 5.41) is 14.1. The van der Waals surface area contributed by atoms with E-state index in [1.165, 1.54) is 0 Å². The van der Waals surface area contributed by atoms with E-state index in [1.807, 2.05) is 18.2 Å². The lowest BCUT2D eigenvalue weighted by Crippen LogP contribution is -2.03. The summed E-state index contributed by atoms with van der Waals surface area (Å²) in [6.07, 6.45) is 1.80. The summed E-state index contributed by atoms with van der Waals surface area (Å²) < 4.78 is 1.79. The van der Waals surface area contributed by atoms with Crippen LogP contribution in [0.1, 0.15) is 5.56 Å². The first-order valence-corrected chi connectivity index (χ1v) is 4.60. The van der Waals surface area contributed by atoms with Crippen LogP contribution in [0.4, 0.5) is 0 Å². The van der Waals surface area contributed by atoms with Crippen LogP contribution in [0.15, 0.2) is 24.4 Å². The maximum atomic E-state index is 8.82. The molecule has 4 nitrogen and oxygen atoms in total. The van der Waals surface area contributed by atoms with Crippen LogP contribution in [0, 0.1) is 0 Å². The van der Waals surface area contributed by atoms with Crippen LogP contribution in [0.25, 0.3) is 10.9 Å². The highest BCUT2D eigenvalue weighted by molar-refractivity contribution is 5.79. The van der Waals surface area contributed by atoms with Gasteiger partial charge >= 0.3 is 0 Å². The lowest BCUT2D eigenvalue weighted by atomic mass is 10.1. The van der Waals surface area contributed by atoms with Gasteiger partial charge in [0.1, 0.15) is 0 Å². The summed E-state index contributed by atoms with van der Waals surface area (Å²) in [4.78, 5) is 0. The number of aliphatic hydroxyl groups is 1. The Morgan fingerprint density at radius 3 is 3.00 bits per heavy atom. The minimum atomic E-state index is 0.107. The van der Waals surface area contributed by atoms with Crippen LogP contribution in [0.2, 0.25) is 0 Å². The highest BCUT2D eigenvalue weighted by Gasteiger charge is 2.01. The molecule has 0 saturated carbocycles. The molecule has 3 N–H and O–H groups in total. The third-order valence-corrected chi connectivity index (χ3v) is 2.25. The van der Waals surface area contributed by atoms with Crippen molar-refractivity contribution in [3.05, 3.63) is 30.0 Å². The minimum Gasteiger partial charge on any atom is -0.394 e. The molecule has 0 fully saturated rings. The lowest BCUT2D eigenvalue weighted by molar-refractivity contribution is 0.271. The Kier molecular flexibility index (Phi) is 2.47. The molecule has 1 aromatic heterocycles.